The Morgan fingerprint density at radius 2 is 1.06 bits per heavy atom. The molecule has 11 heteroatoms. The molecule has 8 N–H and O–H groups in total. The summed E-state index contributed by atoms with van der Waals surface area (Å²) in [5.74, 6) is -0.700. The molecule has 0 bridgehead atoms. The lowest BCUT2D eigenvalue weighted by atomic mass is 9.98. The summed E-state index contributed by atoms with van der Waals surface area (Å²) in [4.78, 5) is 12.9. The van der Waals surface area contributed by atoms with Crippen LogP contribution in [-0.2, 0) is 14.3 Å². The van der Waals surface area contributed by atoms with Crippen molar-refractivity contribution in [2.24, 2.45) is 0 Å². The molecule has 292 valence electrons. The molecular formula is C38H75NO10. The van der Waals surface area contributed by atoms with Crippen LogP contribution in [0.4, 0.5) is 0 Å². The van der Waals surface area contributed by atoms with E-state index in [1.165, 1.54) is 89.9 Å². The molecule has 9 unspecified atom stereocenters. The summed E-state index contributed by atoms with van der Waals surface area (Å²) < 4.78 is 11.0. The van der Waals surface area contributed by atoms with Crippen molar-refractivity contribution in [3.8, 4) is 0 Å². The van der Waals surface area contributed by atoms with Crippen LogP contribution in [0.15, 0.2) is 0 Å². The molecular weight excluding hydrogens is 630 g/mol. The fraction of sp³-hybridized carbons (Fsp3) is 0.974. The maximum atomic E-state index is 12.9. The van der Waals surface area contributed by atoms with Crippen LogP contribution in [0.25, 0.3) is 0 Å². The van der Waals surface area contributed by atoms with Crippen LogP contribution >= 0.6 is 0 Å². The van der Waals surface area contributed by atoms with Crippen LogP contribution in [0.1, 0.15) is 168 Å². The zero-order chi connectivity index (χ0) is 36.3. The Labute approximate surface area is 297 Å². The maximum absolute atomic E-state index is 12.9. The van der Waals surface area contributed by atoms with Gasteiger partial charge >= 0.3 is 0 Å². The molecule has 1 rings (SSSR count). The Hall–Kier alpha value is -0.890. The number of hydrogen-bond donors (Lipinski definition) is 8. The standard InChI is InChI=1S/C38H75NO10/c1-3-5-7-9-11-13-14-15-16-18-19-21-23-25-30(41)33(43)29(28-48-38-36(46)35(45)34(44)32(27-40)49-38)39-37(47)31(42)26-24-22-20-17-12-10-8-6-4-2/h29-36,38,40-46H,3-28H2,1-2H3,(H,39,47). The molecule has 0 radical (unpaired) electrons. The number of amides is 1. The first-order valence-electron chi connectivity index (χ1n) is 19.9. The third kappa shape index (κ3) is 20.7. The van der Waals surface area contributed by atoms with Gasteiger partial charge in [-0.1, -0.05) is 155 Å². The molecule has 1 aliphatic heterocycles. The third-order valence-electron chi connectivity index (χ3n) is 9.91. The van der Waals surface area contributed by atoms with Gasteiger partial charge in [0.05, 0.1) is 25.4 Å². The first-order valence-corrected chi connectivity index (χ1v) is 19.9. The molecule has 9 atom stereocenters. The van der Waals surface area contributed by atoms with Crippen molar-refractivity contribution >= 4 is 5.91 Å². The average Bonchev–Trinajstić information content (AvgIpc) is 3.10. The summed E-state index contributed by atoms with van der Waals surface area (Å²) in [6.07, 6.45) is 14.5. The smallest absolute Gasteiger partial charge is 0.249 e. The Morgan fingerprint density at radius 1 is 0.633 bits per heavy atom. The Morgan fingerprint density at radius 3 is 1.51 bits per heavy atom. The van der Waals surface area contributed by atoms with Gasteiger partial charge in [0.25, 0.3) is 0 Å². The van der Waals surface area contributed by atoms with E-state index < -0.39 is 74.2 Å². The molecule has 0 saturated carbocycles. The molecule has 1 aliphatic rings. The Bertz CT molecular complexity index is 775. The zero-order valence-corrected chi connectivity index (χ0v) is 30.9. The van der Waals surface area contributed by atoms with Crippen LogP contribution < -0.4 is 5.32 Å². The van der Waals surface area contributed by atoms with Gasteiger partial charge in [0.15, 0.2) is 6.29 Å². The van der Waals surface area contributed by atoms with Crippen molar-refractivity contribution in [3.63, 3.8) is 0 Å². The number of aliphatic hydroxyl groups excluding tert-OH is 7. The number of nitrogens with one attached hydrogen (secondary N) is 1. The van der Waals surface area contributed by atoms with Crippen LogP contribution in [0, 0.1) is 0 Å². The summed E-state index contributed by atoms with van der Waals surface area (Å²) in [6, 6.07) is -1.16. The molecule has 49 heavy (non-hydrogen) atoms. The van der Waals surface area contributed by atoms with E-state index in [2.05, 4.69) is 19.2 Å². The van der Waals surface area contributed by atoms with Gasteiger partial charge < -0.3 is 50.5 Å². The van der Waals surface area contributed by atoms with E-state index in [-0.39, 0.29) is 6.42 Å². The van der Waals surface area contributed by atoms with Crippen molar-refractivity contribution in [1.82, 2.24) is 5.32 Å². The topological polar surface area (TPSA) is 189 Å². The van der Waals surface area contributed by atoms with Gasteiger partial charge in [0, 0.05) is 0 Å². The second-order valence-corrected chi connectivity index (χ2v) is 14.4. The summed E-state index contributed by atoms with van der Waals surface area (Å²) in [6.45, 7) is 3.38. The summed E-state index contributed by atoms with van der Waals surface area (Å²) in [5, 5.41) is 75.1. The summed E-state index contributed by atoms with van der Waals surface area (Å²) in [7, 11) is 0. The molecule has 0 aliphatic carbocycles. The predicted octanol–water partition coefficient (Wildman–Crippen LogP) is 4.77. The van der Waals surface area contributed by atoms with E-state index in [0.29, 0.717) is 19.3 Å². The highest BCUT2D eigenvalue weighted by atomic mass is 16.7. The molecule has 0 aromatic carbocycles. The van der Waals surface area contributed by atoms with Crippen molar-refractivity contribution in [1.29, 1.82) is 0 Å². The lowest BCUT2D eigenvalue weighted by Gasteiger charge is -2.40. The van der Waals surface area contributed by atoms with Crippen molar-refractivity contribution in [3.05, 3.63) is 0 Å². The fourth-order valence-corrected chi connectivity index (χ4v) is 6.50. The Kier molecular flexibility index (Phi) is 27.9. The predicted molar refractivity (Wildman–Crippen MR) is 192 cm³/mol. The summed E-state index contributed by atoms with van der Waals surface area (Å²) in [5.41, 5.74) is 0. The number of hydrogen-bond acceptors (Lipinski definition) is 10. The average molecular weight is 706 g/mol. The van der Waals surface area contributed by atoms with E-state index in [1.54, 1.807) is 0 Å². The highest BCUT2D eigenvalue weighted by Gasteiger charge is 2.44. The Balaban J connectivity index is 2.55. The molecule has 1 saturated heterocycles. The minimum atomic E-state index is -1.65. The number of unbranched alkanes of at least 4 members (excludes halogenated alkanes) is 20. The normalized spacial score (nSPS) is 23.7. The van der Waals surface area contributed by atoms with Crippen molar-refractivity contribution < 1.29 is 50.0 Å². The zero-order valence-electron chi connectivity index (χ0n) is 30.9. The second-order valence-electron chi connectivity index (χ2n) is 14.4. The van der Waals surface area contributed by atoms with E-state index in [9.17, 15) is 40.5 Å². The van der Waals surface area contributed by atoms with Gasteiger partial charge in [-0.15, -0.1) is 0 Å². The van der Waals surface area contributed by atoms with Crippen LogP contribution in [0.5, 0.6) is 0 Å². The maximum Gasteiger partial charge on any atom is 0.249 e. The van der Waals surface area contributed by atoms with Gasteiger partial charge in [0.1, 0.15) is 36.6 Å². The number of carbonyl (C=O) groups excluding carboxylic acids is 1. The van der Waals surface area contributed by atoms with Gasteiger partial charge in [0.2, 0.25) is 5.91 Å². The molecule has 11 nitrogen and oxygen atoms in total. The first-order chi connectivity index (χ1) is 23.7. The minimum absolute atomic E-state index is 0.263. The van der Waals surface area contributed by atoms with Gasteiger partial charge in [-0.05, 0) is 12.8 Å². The fourth-order valence-electron chi connectivity index (χ4n) is 6.50. The first kappa shape index (κ1) is 46.1. The number of aliphatic hydroxyl groups is 7. The quantitative estimate of drug-likeness (QED) is 0.0453. The highest BCUT2D eigenvalue weighted by Crippen LogP contribution is 2.23. The van der Waals surface area contributed by atoms with Gasteiger partial charge in [-0.3, -0.25) is 4.79 Å². The highest BCUT2D eigenvalue weighted by molar-refractivity contribution is 5.80. The van der Waals surface area contributed by atoms with Crippen LogP contribution in [0.3, 0.4) is 0 Å². The van der Waals surface area contributed by atoms with E-state index in [4.69, 9.17) is 9.47 Å². The van der Waals surface area contributed by atoms with Gasteiger partial charge in [-0.25, -0.2) is 0 Å². The molecule has 1 amide bonds. The number of rotatable bonds is 32. The molecule has 0 spiro atoms. The van der Waals surface area contributed by atoms with E-state index in [0.717, 1.165) is 38.5 Å². The largest absolute Gasteiger partial charge is 0.394 e. The number of carbonyl (C=O) groups is 1. The van der Waals surface area contributed by atoms with Crippen molar-refractivity contribution in [2.75, 3.05) is 13.2 Å². The van der Waals surface area contributed by atoms with Crippen LogP contribution in [-0.4, -0.2) is 110 Å². The lowest BCUT2D eigenvalue weighted by molar-refractivity contribution is -0.303. The molecule has 1 heterocycles. The monoisotopic (exact) mass is 706 g/mol. The SMILES string of the molecule is CCCCCCCCCCCCCCCC(O)C(O)C(COC1OC(CO)C(O)C(O)C1O)NC(=O)C(O)CCCCCCCCCCC. The molecule has 0 aromatic rings. The van der Waals surface area contributed by atoms with Gasteiger partial charge in [-0.2, -0.15) is 0 Å². The van der Waals surface area contributed by atoms with E-state index >= 15 is 0 Å². The van der Waals surface area contributed by atoms with Crippen molar-refractivity contribution in [2.45, 2.75) is 223 Å². The van der Waals surface area contributed by atoms with Crippen LogP contribution in [0.2, 0.25) is 0 Å². The van der Waals surface area contributed by atoms with E-state index in [1.807, 2.05) is 0 Å². The minimum Gasteiger partial charge on any atom is -0.394 e. The third-order valence-corrected chi connectivity index (χ3v) is 9.91. The summed E-state index contributed by atoms with van der Waals surface area (Å²) >= 11 is 0. The molecule has 1 fully saturated rings. The lowest BCUT2D eigenvalue weighted by Crippen LogP contribution is -2.60. The second kappa shape index (κ2) is 29.7. The molecule has 0 aromatic heterocycles. The number of ether oxygens (including phenoxy) is 2.